The molecule has 1 saturated heterocycles. The lowest BCUT2D eigenvalue weighted by atomic mass is 10.2. The van der Waals surface area contributed by atoms with Crippen LogP contribution < -0.4 is 5.69 Å². The number of likely N-dealkylation sites (tertiary alicyclic amines) is 1. The predicted octanol–water partition coefficient (Wildman–Crippen LogP) is 2.13. The van der Waals surface area contributed by atoms with Gasteiger partial charge in [-0.1, -0.05) is 0 Å². The number of nitriles is 1. The van der Waals surface area contributed by atoms with E-state index in [2.05, 4.69) is 21.1 Å². The quantitative estimate of drug-likeness (QED) is 0.482. The Balaban J connectivity index is 1.60. The summed E-state index contributed by atoms with van der Waals surface area (Å²) in [7, 11) is 1.58. The first-order valence-corrected chi connectivity index (χ1v) is 9.86. The van der Waals surface area contributed by atoms with E-state index in [1.807, 2.05) is 0 Å². The van der Waals surface area contributed by atoms with Crippen molar-refractivity contribution in [1.82, 2.24) is 33.6 Å². The molecule has 1 aliphatic rings. The van der Waals surface area contributed by atoms with Crippen LogP contribution in [-0.2, 0) is 7.05 Å². The molecule has 0 aliphatic carbocycles. The zero-order valence-corrected chi connectivity index (χ0v) is 16.9. The first kappa shape index (κ1) is 20.2. The number of aryl methyl sites for hydroxylation is 1. The first-order valence-electron chi connectivity index (χ1n) is 9.86. The highest BCUT2D eigenvalue weighted by atomic mass is 19.4. The molecule has 9 nitrogen and oxygen atoms in total. The van der Waals surface area contributed by atoms with Crippen LogP contribution in [0, 0.1) is 11.3 Å². The minimum absolute atomic E-state index is 0.111. The number of aromatic nitrogens is 6. The fourth-order valence-electron chi connectivity index (χ4n) is 4.24. The summed E-state index contributed by atoms with van der Waals surface area (Å²) in [5.41, 5.74) is 2.16. The summed E-state index contributed by atoms with van der Waals surface area (Å²) in [4.78, 5) is 23.2. The number of fused-ring (bicyclic) bond motifs is 2. The van der Waals surface area contributed by atoms with E-state index in [4.69, 9.17) is 0 Å². The summed E-state index contributed by atoms with van der Waals surface area (Å²) < 4.78 is 42.9. The molecule has 0 bridgehead atoms. The van der Waals surface area contributed by atoms with Crippen LogP contribution in [0.15, 0.2) is 35.5 Å². The maximum absolute atomic E-state index is 12.9. The summed E-state index contributed by atoms with van der Waals surface area (Å²) in [5.74, 6) is 0.312. The average Bonchev–Trinajstić information content (AvgIpc) is 3.43. The Labute approximate surface area is 178 Å². The molecular weight excluding hydrogens is 425 g/mol. The maximum atomic E-state index is 12.9. The van der Waals surface area contributed by atoms with Crippen molar-refractivity contribution in [3.05, 3.63) is 46.8 Å². The summed E-state index contributed by atoms with van der Waals surface area (Å²) in [6.07, 6.45) is 0.873. The number of halogens is 3. The van der Waals surface area contributed by atoms with Crippen LogP contribution in [0.5, 0.6) is 0 Å². The Bertz CT molecular complexity index is 1440. The minimum Gasteiger partial charge on any atom is -0.293 e. The number of pyridine rings is 1. The SMILES string of the molecule is Cn1c(=O)n(C2CCN(CC(F)(F)F)C2)c2nc(-c3cnn4ccc(C#N)cc34)ncc21. The smallest absolute Gasteiger partial charge is 0.293 e. The Morgan fingerprint density at radius 1 is 1.28 bits per heavy atom. The molecule has 1 unspecified atom stereocenters. The third-order valence-electron chi connectivity index (χ3n) is 5.74. The Morgan fingerprint density at radius 2 is 2.09 bits per heavy atom. The lowest BCUT2D eigenvalue weighted by Gasteiger charge is -2.18. The number of alkyl halides is 3. The molecule has 1 aliphatic heterocycles. The summed E-state index contributed by atoms with van der Waals surface area (Å²) in [6, 6.07) is 4.95. The highest BCUT2D eigenvalue weighted by Gasteiger charge is 2.36. The van der Waals surface area contributed by atoms with Gasteiger partial charge in [0.15, 0.2) is 11.5 Å². The van der Waals surface area contributed by atoms with Gasteiger partial charge in [-0.3, -0.25) is 14.0 Å². The Hall–Kier alpha value is -3.72. The highest BCUT2D eigenvalue weighted by molar-refractivity contribution is 5.80. The number of nitrogens with zero attached hydrogens (tertiary/aromatic N) is 8. The molecule has 1 atom stereocenters. The van der Waals surface area contributed by atoms with Crippen molar-refractivity contribution in [1.29, 1.82) is 5.26 Å². The second-order valence-corrected chi connectivity index (χ2v) is 7.82. The van der Waals surface area contributed by atoms with Gasteiger partial charge in [0.25, 0.3) is 0 Å². The molecule has 5 heterocycles. The fourth-order valence-corrected chi connectivity index (χ4v) is 4.24. The van der Waals surface area contributed by atoms with Gasteiger partial charge in [0.2, 0.25) is 0 Å². The molecule has 5 rings (SSSR count). The first-order chi connectivity index (χ1) is 15.2. The van der Waals surface area contributed by atoms with E-state index in [1.165, 1.54) is 20.2 Å². The van der Waals surface area contributed by atoms with Gasteiger partial charge in [0.05, 0.1) is 47.7 Å². The lowest BCUT2D eigenvalue weighted by Crippen LogP contribution is -2.34. The Kier molecular flexibility index (Phi) is 4.52. The third kappa shape index (κ3) is 3.31. The topological polar surface area (TPSA) is 97.0 Å². The number of rotatable bonds is 3. The molecule has 0 saturated carbocycles. The predicted molar refractivity (Wildman–Crippen MR) is 108 cm³/mol. The molecule has 0 spiro atoms. The summed E-state index contributed by atoms with van der Waals surface area (Å²) in [5, 5.41) is 13.5. The van der Waals surface area contributed by atoms with Crippen LogP contribution in [0.1, 0.15) is 18.0 Å². The monoisotopic (exact) mass is 442 g/mol. The van der Waals surface area contributed by atoms with Crippen molar-refractivity contribution in [2.45, 2.75) is 18.6 Å². The number of hydrogen-bond donors (Lipinski definition) is 0. The fraction of sp³-hybridized carbons (Fsp3) is 0.350. The summed E-state index contributed by atoms with van der Waals surface area (Å²) >= 11 is 0. The standard InChI is InChI=1S/C20H17F3N8O/c1-28-16-9-25-17(14-8-26-30-5-2-12(7-24)6-15(14)30)27-18(16)31(19(28)32)13-3-4-29(10-13)11-20(21,22)23/h2,5-6,8-9,13H,3-4,10-11H2,1H3. The van der Waals surface area contributed by atoms with Gasteiger partial charge < -0.3 is 0 Å². The molecule has 0 aromatic carbocycles. The molecule has 164 valence electrons. The molecule has 12 heteroatoms. The highest BCUT2D eigenvalue weighted by Crippen LogP contribution is 2.28. The second kappa shape index (κ2) is 7.16. The molecule has 32 heavy (non-hydrogen) atoms. The van der Waals surface area contributed by atoms with E-state index in [0.717, 1.165) is 0 Å². The van der Waals surface area contributed by atoms with E-state index in [9.17, 15) is 23.2 Å². The van der Waals surface area contributed by atoms with Crippen molar-refractivity contribution >= 4 is 16.7 Å². The molecule has 0 radical (unpaired) electrons. The summed E-state index contributed by atoms with van der Waals surface area (Å²) in [6.45, 7) is -0.650. The van der Waals surface area contributed by atoms with Crippen LogP contribution in [0.25, 0.3) is 28.1 Å². The zero-order valence-electron chi connectivity index (χ0n) is 16.9. The Morgan fingerprint density at radius 3 is 2.84 bits per heavy atom. The van der Waals surface area contributed by atoms with E-state index in [-0.39, 0.29) is 18.8 Å². The van der Waals surface area contributed by atoms with E-state index < -0.39 is 18.8 Å². The molecule has 4 aromatic rings. The van der Waals surface area contributed by atoms with Crippen molar-refractivity contribution < 1.29 is 13.2 Å². The minimum atomic E-state index is -4.29. The molecule has 0 N–H and O–H groups in total. The van der Waals surface area contributed by atoms with E-state index >= 15 is 0 Å². The van der Waals surface area contributed by atoms with Gasteiger partial charge in [-0.25, -0.2) is 19.3 Å². The molecule has 1 fully saturated rings. The van der Waals surface area contributed by atoms with E-state index in [1.54, 1.807) is 36.1 Å². The van der Waals surface area contributed by atoms with Crippen LogP contribution in [0.3, 0.4) is 0 Å². The molecular formula is C20H17F3N8O. The van der Waals surface area contributed by atoms with Gasteiger partial charge in [-0.2, -0.15) is 23.5 Å². The van der Waals surface area contributed by atoms with Crippen LogP contribution in [0.4, 0.5) is 13.2 Å². The van der Waals surface area contributed by atoms with Crippen molar-refractivity contribution in [3.8, 4) is 17.5 Å². The normalized spacial score (nSPS) is 17.4. The van der Waals surface area contributed by atoms with Gasteiger partial charge >= 0.3 is 11.9 Å². The van der Waals surface area contributed by atoms with Gasteiger partial charge in [0.1, 0.15) is 5.52 Å². The van der Waals surface area contributed by atoms with Crippen molar-refractivity contribution in [2.24, 2.45) is 7.05 Å². The number of hydrogen-bond acceptors (Lipinski definition) is 6. The molecule has 0 amide bonds. The maximum Gasteiger partial charge on any atom is 0.401 e. The molecule has 4 aromatic heterocycles. The van der Waals surface area contributed by atoms with Crippen LogP contribution in [0.2, 0.25) is 0 Å². The zero-order chi connectivity index (χ0) is 22.6. The van der Waals surface area contributed by atoms with E-state index in [0.29, 0.717) is 40.1 Å². The average molecular weight is 442 g/mol. The largest absolute Gasteiger partial charge is 0.401 e. The van der Waals surface area contributed by atoms with Crippen LogP contribution >= 0.6 is 0 Å². The third-order valence-corrected chi connectivity index (χ3v) is 5.74. The van der Waals surface area contributed by atoms with Crippen molar-refractivity contribution in [2.75, 3.05) is 19.6 Å². The lowest BCUT2D eigenvalue weighted by molar-refractivity contribution is -0.143. The van der Waals surface area contributed by atoms with Crippen LogP contribution in [-0.4, -0.2) is 59.4 Å². The number of imidazole rings is 1. The van der Waals surface area contributed by atoms with Crippen molar-refractivity contribution in [3.63, 3.8) is 0 Å². The van der Waals surface area contributed by atoms with Gasteiger partial charge in [0, 0.05) is 26.3 Å². The van der Waals surface area contributed by atoms with Gasteiger partial charge in [-0.05, 0) is 18.6 Å². The van der Waals surface area contributed by atoms with Gasteiger partial charge in [-0.15, -0.1) is 0 Å². The second-order valence-electron chi connectivity index (χ2n) is 7.82.